The van der Waals surface area contributed by atoms with Crippen LogP contribution in [-0.4, -0.2) is 27.6 Å². The largest absolute Gasteiger partial charge is 0.469 e. The summed E-state index contributed by atoms with van der Waals surface area (Å²) in [6.45, 7) is 1.79. The number of aliphatic hydroxyl groups excluding tert-OH is 1. The Labute approximate surface area is 144 Å². The van der Waals surface area contributed by atoms with Gasteiger partial charge in [-0.2, -0.15) is 0 Å². The standard InChI is InChI=1S/C18H18N4O3/c1-12-6-3-4-8-14(12)20-21-18-15(10-16(24)25-2)19-17-13(11-23)7-5-9-22(17)18/h3-9,23H,10-11H2,1-2H3. The predicted molar refractivity (Wildman–Crippen MR) is 92.2 cm³/mol. The lowest BCUT2D eigenvalue weighted by Crippen LogP contribution is -2.04. The number of aromatic nitrogens is 2. The molecule has 0 aliphatic heterocycles. The quantitative estimate of drug-likeness (QED) is 0.571. The Balaban J connectivity index is 2.12. The second kappa shape index (κ2) is 7.23. The SMILES string of the molecule is COC(=O)Cc1nc2c(CO)cccn2c1N=Nc1ccccc1C. The maximum Gasteiger partial charge on any atom is 0.311 e. The molecule has 0 aliphatic rings. The number of azo groups is 1. The van der Waals surface area contributed by atoms with E-state index < -0.39 is 5.97 Å². The minimum absolute atomic E-state index is 0.0226. The van der Waals surface area contributed by atoms with E-state index in [0.29, 0.717) is 22.7 Å². The van der Waals surface area contributed by atoms with Gasteiger partial charge in [-0.15, -0.1) is 10.2 Å². The maximum absolute atomic E-state index is 11.7. The molecule has 3 aromatic rings. The molecule has 0 spiro atoms. The Hall–Kier alpha value is -3.06. The fraction of sp³-hybridized carbons (Fsp3) is 0.222. The first kappa shape index (κ1) is 16.8. The molecule has 1 N–H and O–H groups in total. The Morgan fingerprint density at radius 2 is 2.04 bits per heavy atom. The number of pyridine rings is 1. The lowest BCUT2D eigenvalue weighted by Gasteiger charge is -2.01. The third kappa shape index (κ3) is 3.41. The van der Waals surface area contributed by atoms with Crippen molar-refractivity contribution in [1.29, 1.82) is 0 Å². The van der Waals surface area contributed by atoms with Crippen molar-refractivity contribution >= 4 is 23.1 Å². The minimum Gasteiger partial charge on any atom is -0.469 e. The first-order chi connectivity index (χ1) is 12.1. The van der Waals surface area contributed by atoms with E-state index in [1.54, 1.807) is 22.7 Å². The number of carbonyl (C=O) groups is 1. The van der Waals surface area contributed by atoms with Gasteiger partial charge in [-0.3, -0.25) is 9.20 Å². The molecule has 0 atom stereocenters. The van der Waals surface area contributed by atoms with Crippen LogP contribution in [-0.2, 0) is 22.6 Å². The number of hydrogen-bond donors (Lipinski definition) is 1. The highest BCUT2D eigenvalue weighted by molar-refractivity contribution is 5.74. The normalized spacial score (nSPS) is 11.3. The predicted octanol–water partition coefficient (Wildman–Crippen LogP) is 3.27. The second-order valence-electron chi connectivity index (χ2n) is 5.51. The number of aliphatic hydroxyl groups is 1. The van der Waals surface area contributed by atoms with E-state index in [1.165, 1.54) is 7.11 Å². The third-order valence-corrected chi connectivity index (χ3v) is 3.85. The molecule has 2 heterocycles. The number of hydrogen-bond acceptors (Lipinski definition) is 6. The maximum atomic E-state index is 11.7. The van der Waals surface area contributed by atoms with Crippen LogP contribution in [0.2, 0.25) is 0 Å². The molecular weight excluding hydrogens is 320 g/mol. The van der Waals surface area contributed by atoms with Crippen LogP contribution >= 0.6 is 0 Å². The highest BCUT2D eigenvalue weighted by Crippen LogP contribution is 2.27. The number of benzene rings is 1. The highest BCUT2D eigenvalue weighted by Gasteiger charge is 2.17. The summed E-state index contributed by atoms with van der Waals surface area (Å²) >= 11 is 0. The Kier molecular flexibility index (Phi) is 4.85. The minimum atomic E-state index is -0.415. The number of carbonyl (C=O) groups excluding carboxylic acids is 1. The van der Waals surface area contributed by atoms with Crippen LogP contribution in [0.15, 0.2) is 52.8 Å². The first-order valence-electron chi connectivity index (χ1n) is 7.78. The zero-order valence-electron chi connectivity index (χ0n) is 14.0. The van der Waals surface area contributed by atoms with Crippen molar-refractivity contribution in [2.75, 3.05) is 7.11 Å². The van der Waals surface area contributed by atoms with Crippen molar-refractivity contribution in [2.45, 2.75) is 20.0 Å². The van der Waals surface area contributed by atoms with E-state index in [4.69, 9.17) is 4.74 Å². The number of imidazole rings is 1. The van der Waals surface area contributed by atoms with E-state index in [9.17, 15) is 9.90 Å². The van der Waals surface area contributed by atoms with Gasteiger partial charge in [-0.05, 0) is 24.6 Å². The van der Waals surface area contributed by atoms with Crippen molar-refractivity contribution in [3.05, 3.63) is 59.4 Å². The Morgan fingerprint density at radius 3 is 2.76 bits per heavy atom. The summed E-state index contributed by atoms with van der Waals surface area (Å²) in [7, 11) is 1.33. The molecule has 0 amide bonds. The second-order valence-corrected chi connectivity index (χ2v) is 5.51. The summed E-state index contributed by atoms with van der Waals surface area (Å²) in [6, 6.07) is 11.2. The van der Waals surface area contributed by atoms with Gasteiger partial charge in [-0.25, -0.2) is 4.98 Å². The molecule has 25 heavy (non-hydrogen) atoms. The molecular formula is C18H18N4O3. The molecule has 0 fully saturated rings. The molecule has 0 aliphatic carbocycles. The number of methoxy groups -OCH3 is 1. The summed E-state index contributed by atoms with van der Waals surface area (Å²) in [5.74, 6) is 0.0280. The Morgan fingerprint density at radius 1 is 1.24 bits per heavy atom. The molecule has 1 aromatic carbocycles. The van der Waals surface area contributed by atoms with Gasteiger partial charge in [0.1, 0.15) is 5.65 Å². The van der Waals surface area contributed by atoms with Gasteiger partial charge >= 0.3 is 5.97 Å². The summed E-state index contributed by atoms with van der Waals surface area (Å²) in [4.78, 5) is 16.2. The van der Waals surface area contributed by atoms with E-state index in [1.807, 2.05) is 31.2 Å². The Bertz CT molecular complexity index is 947. The molecule has 0 bridgehead atoms. The first-order valence-corrected chi connectivity index (χ1v) is 7.78. The highest BCUT2D eigenvalue weighted by atomic mass is 16.5. The number of ether oxygens (including phenoxy) is 1. The molecule has 0 saturated heterocycles. The van der Waals surface area contributed by atoms with Crippen molar-refractivity contribution in [2.24, 2.45) is 10.2 Å². The lowest BCUT2D eigenvalue weighted by atomic mass is 10.2. The molecule has 2 aromatic heterocycles. The van der Waals surface area contributed by atoms with Gasteiger partial charge in [0.05, 0.1) is 31.5 Å². The van der Waals surface area contributed by atoms with E-state index in [-0.39, 0.29) is 13.0 Å². The summed E-state index contributed by atoms with van der Waals surface area (Å²) in [6.07, 6.45) is 1.75. The third-order valence-electron chi connectivity index (χ3n) is 3.85. The average Bonchev–Trinajstić information content (AvgIpc) is 2.98. The molecule has 3 rings (SSSR count). The number of esters is 1. The summed E-state index contributed by atoms with van der Waals surface area (Å²) in [5.41, 5.74) is 3.36. The van der Waals surface area contributed by atoms with Gasteiger partial charge in [0.25, 0.3) is 0 Å². The smallest absolute Gasteiger partial charge is 0.311 e. The van der Waals surface area contributed by atoms with Crippen LogP contribution in [0.5, 0.6) is 0 Å². The van der Waals surface area contributed by atoms with Crippen LogP contribution in [0.1, 0.15) is 16.8 Å². The van der Waals surface area contributed by atoms with Gasteiger partial charge in [0.2, 0.25) is 0 Å². The van der Waals surface area contributed by atoms with Crippen LogP contribution in [0.3, 0.4) is 0 Å². The summed E-state index contributed by atoms with van der Waals surface area (Å²) < 4.78 is 6.45. The van der Waals surface area contributed by atoms with E-state index >= 15 is 0 Å². The van der Waals surface area contributed by atoms with E-state index in [2.05, 4.69) is 15.2 Å². The van der Waals surface area contributed by atoms with Crippen molar-refractivity contribution in [3.8, 4) is 0 Å². The average molecular weight is 338 g/mol. The van der Waals surface area contributed by atoms with Gasteiger partial charge in [-0.1, -0.05) is 24.3 Å². The van der Waals surface area contributed by atoms with Crippen LogP contribution in [0.25, 0.3) is 5.65 Å². The van der Waals surface area contributed by atoms with Crippen LogP contribution < -0.4 is 0 Å². The van der Waals surface area contributed by atoms with Crippen molar-refractivity contribution < 1.29 is 14.6 Å². The topological polar surface area (TPSA) is 88.5 Å². The van der Waals surface area contributed by atoms with Gasteiger partial charge in [0.15, 0.2) is 5.82 Å². The van der Waals surface area contributed by atoms with E-state index in [0.717, 1.165) is 11.3 Å². The van der Waals surface area contributed by atoms with Crippen LogP contribution in [0.4, 0.5) is 11.5 Å². The number of aryl methyl sites for hydroxylation is 1. The van der Waals surface area contributed by atoms with Crippen molar-refractivity contribution in [3.63, 3.8) is 0 Å². The fourth-order valence-corrected chi connectivity index (χ4v) is 2.49. The zero-order valence-corrected chi connectivity index (χ0v) is 14.0. The molecule has 128 valence electrons. The number of nitrogens with zero attached hydrogens (tertiary/aromatic N) is 4. The molecule has 7 heteroatoms. The molecule has 0 unspecified atom stereocenters. The molecule has 0 saturated carbocycles. The zero-order chi connectivity index (χ0) is 17.8. The lowest BCUT2D eigenvalue weighted by molar-refractivity contribution is -0.139. The summed E-state index contributed by atoms with van der Waals surface area (Å²) in [5, 5.41) is 18.1. The molecule has 0 radical (unpaired) electrons. The van der Waals surface area contributed by atoms with Gasteiger partial charge in [0, 0.05) is 11.8 Å². The van der Waals surface area contributed by atoms with Gasteiger partial charge < -0.3 is 9.84 Å². The molecule has 7 nitrogen and oxygen atoms in total. The van der Waals surface area contributed by atoms with Crippen LogP contribution in [0, 0.1) is 6.92 Å². The monoisotopic (exact) mass is 338 g/mol. The fourth-order valence-electron chi connectivity index (χ4n) is 2.49. The number of fused-ring (bicyclic) bond motifs is 1. The van der Waals surface area contributed by atoms with Crippen molar-refractivity contribution in [1.82, 2.24) is 9.38 Å². The number of rotatable bonds is 5.